The Hall–Kier alpha value is -2.24. The van der Waals surface area contributed by atoms with Gasteiger partial charge >= 0.3 is 0 Å². The van der Waals surface area contributed by atoms with Gasteiger partial charge in [-0.15, -0.1) is 0 Å². The first-order chi connectivity index (χ1) is 13.6. The van der Waals surface area contributed by atoms with Gasteiger partial charge < -0.3 is 19.4 Å². The first-order valence-corrected chi connectivity index (χ1v) is 10.6. The monoisotopic (exact) mass is 387 g/mol. The summed E-state index contributed by atoms with van der Waals surface area (Å²) in [6.45, 7) is 8.85. The number of anilines is 1. The predicted octanol–water partition coefficient (Wildman–Crippen LogP) is 2.63. The topological polar surface area (TPSA) is 53.1 Å². The molecule has 1 heterocycles. The molecule has 0 spiro atoms. The lowest BCUT2D eigenvalue weighted by molar-refractivity contribution is -0.138. The van der Waals surface area contributed by atoms with Crippen LogP contribution in [0.25, 0.3) is 0 Å². The van der Waals surface area contributed by atoms with E-state index < -0.39 is 0 Å². The van der Waals surface area contributed by atoms with Gasteiger partial charge in [0, 0.05) is 45.0 Å². The van der Waals surface area contributed by atoms with E-state index in [9.17, 15) is 9.59 Å². The molecule has 2 unspecified atom stereocenters. The van der Waals surface area contributed by atoms with Gasteiger partial charge in [-0.1, -0.05) is 13.8 Å². The molecule has 2 atom stereocenters. The minimum Gasteiger partial charge on any atom is -0.497 e. The molecule has 2 aliphatic rings. The quantitative estimate of drug-likeness (QED) is 0.688. The van der Waals surface area contributed by atoms with Gasteiger partial charge in [-0.3, -0.25) is 9.59 Å². The van der Waals surface area contributed by atoms with Crippen molar-refractivity contribution < 1.29 is 14.3 Å². The molecule has 1 aliphatic heterocycles. The third-order valence-electron chi connectivity index (χ3n) is 5.75. The zero-order valence-corrected chi connectivity index (χ0v) is 17.4. The molecule has 1 saturated carbocycles. The summed E-state index contributed by atoms with van der Waals surface area (Å²) in [6.07, 6.45) is 2.65. The first-order valence-electron chi connectivity index (χ1n) is 10.6. The van der Waals surface area contributed by atoms with Crippen molar-refractivity contribution in [2.24, 2.45) is 11.8 Å². The summed E-state index contributed by atoms with van der Waals surface area (Å²) in [7, 11) is 1.67. The van der Waals surface area contributed by atoms with Crippen LogP contribution in [0.4, 0.5) is 5.69 Å². The number of carbonyl (C=O) groups excluding carboxylic acids is 2. The third-order valence-corrected chi connectivity index (χ3v) is 5.75. The molecular formula is C22H33N3O3. The van der Waals surface area contributed by atoms with E-state index >= 15 is 0 Å². The number of benzene rings is 1. The minimum absolute atomic E-state index is 0.0924. The van der Waals surface area contributed by atoms with E-state index in [4.69, 9.17) is 4.74 Å². The van der Waals surface area contributed by atoms with Crippen molar-refractivity contribution in [2.45, 2.75) is 33.1 Å². The lowest BCUT2D eigenvalue weighted by Gasteiger charge is -2.36. The number of methoxy groups -OCH3 is 1. The Labute approximate surface area is 168 Å². The molecular weight excluding hydrogens is 354 g/mol. The standard InChI is InChI=1S/C22H33N3O3/c1-4-10-24(11-5-2)21(26)19-16-20(19)22(27)25-14-12-23(13-15-25)17-6-8-18(28-3)9-7-17/h6-9,19-20H,4-5,10-16H2,1-3H3. The number of rotatable bonds is 8. The zero-order chi connectivity index (χ0) is 20.1. The number of hydrogen-bond donors (Lipinski definition) is 0. The Morgan fingerprint density at radius 3 is 2.14 bits per heavy atom. The second-order valence-electron chi connectivity index (χ2n) is 7.78. The average molecular weight is 388 g/mol. The number of ether oxygens (including phenoxy) is 1. The Balaban J connectivity index is 1.49. The maximum absolute atomic E-state index is 12.9. The fourth-order valence-electron chi connectivity index (χ4n) is 4.06. The highest BCUT2D eigenvalue weighted by molar-refractivity contribution is 5.92. The third kappa shape index (κ3) is 4.59. The Morgan fingerprint density at radius 2 is 1.61 bits per heavy atom. The summed E-state index contributed by atoms with van der Waals surface area (Å²) in [4.78, 5) is 31.8. The van der Waals surface area contributed by atoms with Crippen molar-refractivity contribution in [2.75, 3.05) is 51.3 Å². The average Bonchev–Trinajstić information content (AvgIpc) is 3.54. The second kappa shape index (κ2) is 9.30. The number of nitrogens with zero attached hydrogens (tertiary/aromatic N) is 3. The van der Waals surface area contributed by atoms with E-state index in [1.807, 2.05) is 21.9 Å². The Morgan fingerprint density at radius 1 is 1.00 bits per heavy atom. The summed E-state index contributed by atoms with van der Waals surface area (Å²) >= 11 is 0. The molecule has 0 aromatic heterocycles. The van der Waals surface area contributed by atoms with Gasteiger partial charge in [-0.25, -0.2) is 0 Å². The highest BCUT2D eigenvalue weighted by Crippen LogP contribution is 2.41. The lowest BCUT2D eigenvalue weighted by Crippen LogP contribution is -2.49. The van der Waals surface area contributed by atoms with Crippen molar-refractivity contribution in [1.29, 1.82) is 0 Å². The highest BCUT2D eigenvalue weighted by atomic mass is 16.5. The normalized spacial score (nSPS) is 21.4. The van der Waals surface area contributed by atoms with Crippen molar-refractivity contribution in [3.05, 3.63) is 24.3 Å². The number of carbonyl (C=O) groups is 2. The molecule has 6 heteroatoms. The molecule has 1 aliphatic carbocycles. The van der Waals surface area contributed by atoms with Crippen LogP contribution in [0, 0.1) is 11.8 Å². The van der Waals surface area contributed by atoms with Crippen LogP contribution in [-0.4, -0.2) is 68.0 Å². The lowest BCUT2D eigenvalue weighted by atomic mass is 10.2. The molecule has 3 rings (SSSR count). The van der Waals surface area contributed by atoms with E-state index in [1.54, 1.807) is 7.11 Å². The van der Waals surface area contributed by atoms with Crippen LogP contribution < -0.4 is 9.64 Å². The predicted molar refractivity (Wildman–Crippen MR) is 111 cm³/mol. The molecule has 0 N–H and O–H groups in total. The van der Waals surface area contributed by atoms with E-state index in [2.05, 4.69) is 30.9 Å². The number of amides is 2. The largest absolute Gasteiger partial charge is 0.497 e. The van der Waals surface area contributed by atoms with Gasteiger partial charge in [0.2, 0.25) is 11.8 Å². The van der Waals surface area contributed by atoms with Crippen LogP contribution in [0.3, 0.4) is 0 Å². The smallest absolute Gasteiger partial charge is 0.226 e. The fraction of sp³-hybridized carbons (Fsp3) is 0.636. The fourth-order valence-corrected chi connectivity index (χ4v) is 4.06. The highest BCUT2D eigenvalue weighted by Gasteiger charge is 2.50. The van der Waals surface area contributed by atoms with Gasteiger partial charge in [0.1, 0.15) is 5.75 Å². The van der Waals surface area contributed by atoms with Gasteiger partial charge in [-0.2, -0.15) is 0 Å². The van der Waals surface area contributed by atoms with Gasteiger partial charge in [0.15, 0.2) is 0 Å². The minimum atomic E-state index is -0.101. The Bertz CT molecular complexity index is 662. The number of piperazine rings is 1. The molecule has 2 fully saturated rings. The molecule has 154 valence electrons. The van der Waals surface area contributed by atoms with Gasteiger partial charge in [0.25, 0.3) is 0 Å². The van der Waals surface area contributed by atoms with E-state index in [0.29, 0.717) is 0 Å². The van der Waals surface area contributed by atoms with Crippen molar-refractivity contribution in [3.8, 4) is 5.75 Å². The molecule has 2 amide bonds. The van der Waals surface area contributed by atoms with Crippen molar-refractivity contribution in [3.63, 3.8) is 0 Å². The van der Waals surface area contributed by atoms with E-state index in [-0.39, 0.29) is 23.7 Å². The molecule has 6 nitrogen and oxygen atoms in total. The number of hydrogen-bond acceptors (Lipinski definition) is 4. The molecule has 1 aromatic rings. The van der Waals surface area contributed by atoms with Crippen LogP contribution in [0.2, 0.25) is 0 Å². The van der Waals surface area contributed by atoms with Crippen molar-refractivity contribution >= 4 is 17.5 Å². The molecule has 1 aromatic carbocycles. The summed E-state index contributed by atoms with van der Waals surface area (Å²) in [5.74, 6) is 1.00. The van der Waals surface area contributed by atoms with Crippen LogP contribution in [0.5, 0.6) is 5.75 Å². The van der Waals surface area contributed by atoms with Crippen molar-refractivity contribution in [1.82, 2.24) is 9.80 Å². The first kappa shape index (κ1) is 20.5. The van der Waals surface area contributed by atoms with Crippen LogP contribution in [0.15, 0.2) is 24.3 Å². The van der Waals surface area contributed by atoms with Crippen LogP contribution in [0.1, 0.15) is 33.1 Å². The maximum atomic E-state index is 12.9. The molecule has 0 radical (unpaired) electrons. The molecule has 1 saturated heterocycles. The van der Waals surface area contributed by atoms with Gasteiger partial charge in [0.05, 0.1) is 18.9 Å². The van der Waals surface area contributed by atoms with E-state index in [1.165, 1.54) is 0 Å². The molecule has 28 heavy (non-hydrogen) atoms. The Kier molecular flexibility index (Phi) is 6.81. The van der Waals surface area contributed by atoms with Gasteiger partial charge in [-0.05, 0) is 43.5 Å². The van der Waals surface area contributed by atoms with E-state index in [0.717, 1.165) is 70.0 Å². The zero-order valence-electron chi connectivity index (χ0n) is 17.4. The molecule has 0 bridgehead atoms. The van der Waals surface area contributed by atoms with Crippen LogP contribution in [-0.2, 0) is 9.59 Å². The maximum Gasteiger partial charge on any atom is 0.226 e. The summed E-state index contributed by atoms with van der Waals surface area (Å²) in [5, 5.41) is 0. The second-order valence-corrected chi connectivity index (χ2v) is 7.78. The summed E-state index contributed by atoms with van der Waals surface area (Å²) in [6, 6.07) is 8.04. The van der Waals surface area contributed by atoms with Crippen LogP contribution >= 0.6 is 0 Å². The SMILES string of the molecule is CCCN(CCC)C(=O)C1CC1C(=O)N1CCN(c2ccc(OC)cc2)CC1. The summed E-state index contributed by atoms with van der Waals surface area (Å²) in [5.41, 5.74) is 1.15. The summed E-state index contributed by atoms with van der Waals surface area (Å²) < 4.78 is 5.21.